The van der Waals surface area contributed by atoms with Crippen molar-refractivity contribution in [3.05, 3.63) is 82.9 Å². The number of allylic oxidation sites excluding steroid dienone is 1. The molecule has 0 aromatic heterocycles. The molecule has 1 fully saturated rings. The van der Waals surface area contributed by atoms with Crippen LogP contribution in [0.25, 0.3) is 0 Å². The Balaban J connectivity index is 1.62. The second-order valence-electron chi connectivity index (χ2n) is 8.62. The molecule has 2 aromatic carbocycles. The molecule has 1 aliphatic carbocycles. The van der Waals surface area contributed by atoms with Crippen LogP contribution in [0.3, 0.4) is 0 Å². The lowest BCUT2D eigenvalue weighted by molar-refractivity contribution is 0.0600. The van der Waals surface area contributed by atoms with Crippen molar-refractivity contribution >= 4 is 12.0 Å². The van der Waals surface area contributed by atoms with Crippen molar-refractivity contribution in [2.45, 2.75) is 59.0 Å². The van der Waals surface area contributed by atoms with Gasteiger partial charge in [0.15, 0.2) is 0 Å². The van der Waals surface area contributed by atoms with E-state index in [1.165, 1.54) is 37.1 Å². The van der Waals surface area contributed by atoms with E-state index >= 15 is 0 Å². The molecule has 0 unspecified atom stereocenters. The van der Waals surface area contributed by atoms with Gasteiger partial charge in [-0.3, -0.25) is 4.79 Å². The normalized spacial score (nSPS) is 14.3. The third kappa shape index (κ3) is 7.56. The number of hydrazine groups is 1. The number of nitrogens with one attached hydrogen (secondary N) is 1. The Kier molecular flexibility index (Phi) is 8.90. The average molecular weight is 435 g/mol. The standard InChI is InChI=1S/C27H34N2O3/c1-21-17-22(2)19-25(18-21)26(30)29(16-10-9-13-23-11-5-3-6-12-23)28-27(31)32-20-24-14-7-4-8-15-24/h4,7-9,13-15,17-19,23H,3,5-6,10-12,16,20H2,1-2H3,(H,28,31). The van der Waals surface area contributed by atoms with Crippen molar-refractivity contribution in [2.75, 3.05) is 6.54 Å². The van der Waals surface area contributed by atoms with Crippen LogP contribution in [-0.4, -0.2) is 23.6 Å². The van der Waals surface area contributed by atoms with Gasteiger partial charge in [0.1, 0.15) is 6.61 Å². The summed E-state index contributed by atoms with van der Waals surface area (Å²) in [6, 6.07) is 15.2. The van der Waals surface area contributed by atoms with E-state index < -0.39 is 6.09 Å². The molecule has 32 heavy (non-hydrogen) atoms. The summed E-state index contributed by atoms with van der Waals surface area (Å²) in [7, 11) is 0. The number of rotatable bonds is 7. The number of hydrogen-bond donors (Lipinski definition) is 1. The van der Waals surface area contributed by atoms with Gasteiger partial charge in [0.2, 0.25) is 0 Å². The van der Waals surface area contributed by atoms with E-state index in [2.05, 4.69) is 17.6 Å². The van der Waals surface area contributed by atoms with Crippen molar-refractivity contribution in [2.24, 2.45) is 5.92 Å². The lowest BCUT2D eigenvalue weighted by Crippen LogP contribution is -2.46. The number of amides is 2. The molecule has 0 atom stereocenters. The van der Waals surface area contributed by atoms with E-state index in [-0.39, 0.29) is 12.5 Å². The predicted molar refractivity (Wildman–Crippen MR) is 127 cm³/mol. The maximum Gasteiger partial charge on any atom is 0.426 e. The smallest absolute Gasteiger partial charge is 0.426 e. The van der Waals surface area contributed by atoms with Gasteiger partial charge in [-0.05, 0) is 56.7 Å². The summed E-state index contributed by atoms with van der Waals surface area (Å²) in [5.74, 6) is 0.399. The first-order valence-corrected chi connectivity index (χ1v) is 11.6. The van der Waals surface area contributed by atoms with E-state index in [0.717, 1.165) is 16.7 Å². The largest absolute Gasteiger partial charge is 0.443 e. The molecular formula is C27H34N2O3. The number of carbonyl (C=O) groups is 2. The highest BCUT2D eigenvalue weighted by atomic mass is 16.6. The van der Waals surface area contributed by atoms with Crippen molar-refractivity contribution in [1.29, 1.82) is 0 Å². The lowest BCUT2D eigenvalue weighted by atomic mass is 9.89. The fourth-order valence-corrected chi connectivity index (χ4v) is 4.15. The number of nitrogens with zero attached hydrogens (tertiary/aromatic N) is 1. The highest BCUT2D eigenvalue weighted by molar-refractivity contribution is 5.95. The monoisotopic (exact) mass is 434 g/mol. The van der Waals surface area contributed by atoms with Crippen LogP contribution in [0.15, 0.2) is 60.7 Å². The summed E-state index contributed by atoms with van der Waals surface area (Å²) < 4.78 is 5.33. The van der Waals surface area contributed by atoms with E-state index in [9.17, 15) is 9.59 Å². The Morgan fingerprint density at radius 2 is 1.72 bits per heavy atom. The number of aryl methyl sites for hydroxylation is 2. The molecule has 0 radical (unpaired) electrons. The molecule has 1 aliphatic rings. The second-order valence-corrected chi connectivity index (χ2v) is 8.62. The molecule has 0 saturated heterocycles. The number of carbonyl (C=O) groups excluding carboxylic acids is 2. The predicted octanol–water partition coefficient (Wildman–Crippen LogP) is 6.11. The summed E-state index contributed by atoms with van der Waals surface area (Å²) in [4.78, 5) is 25.6. The van der Waals surface area contributed by atoms with Crippen LogP contribution in [0.4, 0.5) is 4.79 Å². The van der Waals surface area contributed by atoms with Crippen LogP contribution >= 0.6 is 0 Å². The van der Waals surface area contributed by atoms with Crippen LogP contribution in [0, 0.1) is 19.8 Å². The quantitative estimate of drug-likeness (QED) is 0.422. The Morgan fingerprint density at radius 1 is 1.03 bits per heavy atom. The van der Waals surface area contributed by atoms with Crippen LogP contribution in [0.2, 0.25) is 0 Å². The molecule has 0 spiro atoms. The van der Waals surface area contributed by atoms with Crippen molar-refractivity contribution in [3.8, 4) is 0 Å². The first-order valence-electron chi connectivity index (χ1n) is 11.6. The average Bonchev–Trinajstić information content (AvgIpc) is 2.80. The van der Waals surface area contributed by atoms with E-state index in [1.807, 2.05) is 62.4 Å². The molecule has 1 N–H and O–H groups in total. The summed E-state index contributed by atoms with van der Waals surface area (Å²) in [6.07, 6.45) is 10.8. The van der Waals surface area contributed by atoms with Crippen LogP contribution in [0.5, 0.6) is 0 Å². The highest BCUT2D eigenvalue weighted by Crippen LogP contribution is 2.24. The van der Waals surface area contributed by atoms with Crippen molar-refractivity contribution in [3.63, 3.8) is 0 Å². The minimum Gasteiger partial charge on any atom is -0.443 e. The summed E-state index contributed by atoms with van der Waals surface area (Å²) in [5, 5.41) is 1.37. The Morgan fingerprint density at radius 3 is 2.41 bits per heavy atom. The van der Waals surface area contributed by atoms with Crippen LogP contribution in [0.1, 0.15) is 65.6 Å². The van der Waals surface area contributed by atoms with Crippen molar-refractivity contribution in [1.82, 2.24) is 10.4 Å². The minimum atomic E-state index is -0.636. The van der Waals surface area contributed by atoms with Gasteiger partial charge >= 0.3 is 6.09 Å². The summed E-state index contributed by atoms with van der Waals surface area (Å²) in [6.45, 7) is 4.46. The third-order valence-electron chi connectivity index (χ3n) is 5.73. The second kappa shape index (κ2) is 12.1. The topological polar surface area (TPSA) is 58.6 Å². The zero-order valence-corrected chi connectivity index (χ0v) is 19.2. The van der Waals surface area contributed by atoms with Crippen LogP contribution < -0.4 is 5.43 Å². The van der Waals surface area contributed by atoms with Gasteiger partial charge in [-0.25, -0.2) is 15.2 Å². The van der Waals surface area contributed by atoms with Gasteiger partial charge < -0.3 is 4.74 Å². The fraction of sp³-hybridized carbons (Fsp3) is 0.407. The first kappa shape index (κ1) is 23.6. The highest BCUT2D eigenvalue weighted by Gasteiger charge is 2.19. The molecule has 170 valence electrons. The molecule has 5 heteroatoms. The maximum atomic E-state index is 13.2. The summed E-state index contributed by atoms with van der Waals surface area (Å²) in [5.41, 5.74) is 6.13. The lowest BCUT2D eigenvalue weighted by Gasteiger charge is -2.23. The van der Waals surface area contributed by atoms with E-state index in [0.29, 0.717) is 24.4 Å². The Hall–Kier alpha value is -3.08. The molecule has 5 nitrogen and oxygen atoms in total. The molecule has 3 rings (SSSR count). The zero-order valence-electron chi connectivity index (χ0n) is 19.2. The zero-order chi connectivity index (χ0) is 22.8. The van der Waals surface area contributed by atoms with Gasteiger partial charge in [-0.1, -0.05) is 78.9 Å². The summed E-state index contributed by atoms with van der Waals surface area (Å²) >= 11 is 0. The van der Waals surface area contributed by atoms with Gasteiger partial charge in [0, 0.05) is 12.1 Å². The van der Waals surface area contributed by atoms with Crippen molar-refractivity contribution < 1.29 is 14.3 Å². The minimum absolute atomic E-state index is 0.153. The maximum absolute atomic E-state index is 13.2. The number of ether oxygens (including phenoxy) is 1. The molecule has 1 saturated carbocycles. The number of benzene rings is 2. The molecular weight excluding hydrogens is 400 g/mol. The molecule has 2 amide bonds. The van der Waals surface area contributed by atoms with Gasteiger partial charge in [0.25, 0.3) is 5.91 Å². The first-order chi connectivity index (χ1) is 15.5. The third-order valence-corrected chi connectivity index (χ3v) is 5.73. The Labute approximate surface area is 191 Å². The molecule has 0 aliphatic heterocycles. The number of hydrogen-bond acceptors (Lipinski definition) is 3. The van der Waals surface area contributed by atoms with Gasteiger partial charge in [0.05, 0.1) is 0 Å². The van der Waals surface area contributed by atoms with Crippen LogP contribution in [-0.2, 0) is 11.3 Å². The fourth-order valence-electron chi connectivity index (χ4n) is 4.15. The van der Waals surface area contributed by atoms with Gasteiger partial charge in [-0.2, -0.15) is 0 Å². The van der Waals surface area contributed by atoms with Gasteiger partial charge in [-0.15, -0.1) is 0 Å². The molecule has 0 bridgehead atoms. The molecule has 2 aromatic rings. The van der Waals surface area contributed by atoms with E-state index in [1.54, 1.807) is 0 Å². The SMILES string of the molecule is Cc1cc(C)cc(C(=O)N(CCC=CC2CCCCC2)NC(=O)OCc2ccccc2)c1. The molecule has 0 heterocycles. The Bertz CT molecular complexity index is 898. The van der Waals surface area contributed by atoms with E-state index in [4.69, 9.17) is 4.74 Å².